The van der Waals surface area contributed by atoms with Gasteiger partial charge in [0, 0.05) is 29.6 Å². The molecule has 2 heterocycles. The van der Waals surface area contributed by atoms with Gasteiger partial charge in [-0.15, -0.1) is 11.3 Å². The van der Waals surface area contributed by atoms with E-state index in [1.54, 1.807) is 11.3 Å². The van der Waals surface area contributed by atoms with Gasteiger partial charge in [-0.05, 0) is 24.3 Å². The average molecular weight is 263 g/mol. The van der Waals surface area contributed by atoms with Crippen LogP contribution in [0.3, 0.4) is 0 Å². The molecule has 0 saturated heterocycles. The number of aromatic nitrogens is 2. The van der Waals surface area contributed by atoms with Crippen molar-refractivity contribution in [3.8, 4) is 0 Å². The number of hydrogen-bond acceptors (Lipinski definition) is 3. The van der Waals surface area contributed by atoms with Gasteiger partial charge < -0.3 is 10.3 Å². The topological polar surface area (TPSA) is 43.8 Å². The molecular weight excluding hydrogens is 242 g/mol. The van der Waals surface area contributed by atoms with Gasteiger partial charge in [-0.3, -0.25) is 0 Å². The van der Waals surface area contributed by atoms with Crippen LogP contribution in [0.5, 0.6) is 0 Å². The average Bonchev–Trinajstić information content (AvgIpc) is 2.97. The summed E-state index contributed by atoms with van der Waals surface area (Å²) in [5, 5.41) is 2.12. The molecule has 2 unspecified atom stereocenters. The van der Waals surface area contributed by atoms with Crippen LogP contribution in [0.4, 0.5) is 0 Å². The third kappa shape index (κ3) is 2.82. The third-order valence-corrected chi connectivity index (χ3v) is 4.21. The van der Waals surface area contributed by atoms with Crippen LogP contribution in [-0.4, -0.2) is 9.55 Å². The van der Waals surface area contributed by atoms with Crippen molar-refractivity contribution in [2.45, 2.75) is 39.3 Å². The lowest BCUT2D eigenvalue weighted by Gasteiger charge is -2.21. The smallest absolute Gasteiger partial charge is 0.0951 e. The van der Waals surface area contributed by atoms with E-state index < -0.39 is 0 Å². The summed E-state index contributed by atoms with van der Waals surface area (Å²) < 4.78 is 2.21. The molecule has 0 aromatic carbocycles. The number of thiophene rings is 1. The van der Waals surface area contributed by atoms with E-state index in [-0.39, 0.29) is 6.04 Å². The minimum absolute atomic E-state index is 0.0540. The van der Waals surface area contributed by atoms with E-state index in [9.17, 15) is 0 Å². The summed E-state index contributed by atoms with van der Waals surface area (Å²) in [6.07, 6.45) is 4.83. The van der Waals surface area contributed by atoms with Crippen LogP contribution >= 0.6 is 11.3 Å². The van der Waals surface area contributed by atoms with E-state index in [4.69, 9.17) is 5.73 Å². The zero-order chi connectivity index (χ0) is 13.1. The second kappa shape index (κ2) is 5.67. The maximum absolute atomic E-state index is 6.24. The fourth-order valence-corrected chi connectivity index (χ4v) is 2.93. The van der Waals surface area contributed by atoms with Gasteiger partial charge in [0.05, 0.1) is 12.0 Å². The van der Waals surface area contributed by atoms with Crippen molar-refractivity contribution in [2.75, 3.05) is 0 Å². The molecule has 0 aliphatic carbocycles. The Morgan fingerprint density at radius 3 is 2.78 bits per heavy atom. The van der Waals surface area contributed by atoms with E-state index in [0.29, 0.717) is 12.0 Å². The Hall–Kier alpha value is -1.13. The van der Waals surface area contributed by atoms with E-state index in [1.165, 1.54) is 4.88 Å². The van der Waals surface area contributed by atoms with E-state index in [2.05, 4.69) is 47.8 Å². The number of nitrogens with two attached hydrogens (primary N) is 1. The van der Waals surface area contributed by atoms with Gasteiger partial charge in [-0.1, -0.05) is 19.9 Å². The summed E-state index contributed by atoms with van der Waals surface area (Å²) in [5.74, 6) is 0.425. The quantitative estimate of drug-likeness (QED) is 0.898. The predicted molar refractivity (Wildman–Crippen MR) is 76.7 cm³/mol. The lowest BCUT2D eigenvalue weighted by molar-refractivity contribution is 0.447. The summed E-state index contributed by atoms with van der Waals surface area (Å²) in [4.78, 5) is 5.67. The first-order valence-electron chi connectivity index (χ1n) is 6.39. The van der Waals surface area contributed by atoms with Gasteiger partial charge in [0.15, 0.2) is 0 Å². The Bertz CT molecular complexity index is 473. The first-order chi connectivity index (χ1) is 8.59. The van der Waals surface area contributed by atoms with Crippen LogP contribution in [0.15, 0.2) is 30.0 Å². The minimum atomic E-state index is 0.0540. The van der Waals surface area contributed by atoms with E-state index in [1.807, 2.05) is 12.5 Å². The maximum atomic E-state index is 6.24. The molecule has 0 saturated carbocycles. The summed E-state index contributed by atoms with van der Waals surface area (Å²) >= 11 is 1.80. The molecule has 0 aliphatic heterocycles. The molecule has 98 valence electrons. The van der Waals surface area contributed by atoms with E-state index in [0.717, 1.165) is 12.1 Å². The van der Waals surface area contributed by atoms with Crippen LogP contribution in [-0.2, 0) is 6.42 Å². The highest BCUT2D eigenvalue weighted by atomic mass is 32.1. The van der Waals surface area contributed by atoms with Crippen LogP contribution in [0.1, 0.15) is 43.4 Å². The summed E-state index contributed by atoms with van der Waals surface area (Å²) in [5.41, 5.74) is 7.37. The van der Waals surface area contributed by atoms with Gasteiger partial charge in [0.2, 0.25) is 0 Å². The highest BCUT2D eigenvalue weighted by Gasteiger charge is 2.18. The predicted octanol–water partition coefficient (Wildman–Crippen LogP) is 3.40. The number of rotatable bonds is 5. The van der Waals surface area contributed by atoms with Gasteiger partial charge in [0.1, 0.15) is 0 Å². The molecular formula is C14H21N3S. The Balaban J connectivity index is 2.15. The molecule has 4 heteroatoms. The minimum Gasteiger partial charge on any atom is -0.330 e. The van der Waals surface area contributed by atoms with Crippen molar-refractivity contribution in [2.24, 2.45) is 11.7 Å². The lowest BCUT2D eigenvalue weighted by atomic mass is 10.0. The van der Waals surface area contributed by atoms with Crippen LogP contribution in [0.2, 0.25) is 0 Å². The Morgan fingerprint density at radius 2 is 2.17 bits per heavy atom. The summed E-state index contributed by atoms with van der Waals surface area (Å²) in [7, 11) is 0. The third-order valence-electron chi connectivity index (χ3n) is 3.31. The van der Waals surface area contributed by atoms with Crippen molar-refractivity contribution in [3.05, 3.63) is 40.6 Å². The zero-order valence-electron chi connectivity index (χ0n) is 11.2. The molecule has 3 nitrogen and oxygen atoms in total. The van der Waals surface area contributed by atoms with E-state index >= 15 is 0 Å². The fourth-order valence-electron chi connectivity index (χ4n) is 2.10. The molecule has 0 aliphatic rings. The monoisotopic (exact) mass is 263 g/mol. The molecule has 0 amide bonds. The van der Waals surface area contributed by atoms with Gasteiger partial charge in [-0.25, -0.2) is 4.98 Å². The Labute approximate surface area is 113 Å². The standard InChI is InChI=1S/C14H21N3S/c1-10(2)14(15)13-8-16-9-17(13)11(3)7-12-5-4-6-18-12/h4-6,8-11,14H,7,15H2,1-3H3. The summed E-state index contributed by atoms with van der Waals surface area (Å²) in [6.45, 7) is 6.51. The summed E-state index contributed by atoms with van der Waals surface area (Å²) in [6, 6.07) is 4.73. The van der Waals surface area contributed by atoms with Gasteiger partial charge in [0.25, 0.3) is 0 Å². The van der Waals surface area contributed by atoms with Crippen molar-refractivity contribution in [3.63, 3.8) is 0 Å². The highest BCUT2D eigenvalue weighted by Crippen LogP contribution is 2.24. The number of nitrogens with zero attached hydrogens (tertiary/aromatic N) is 2. The molecule has 2 atom stereocenters. The van der Waals surface area contributed by atoms with Gasteiger partial charge in [-0.2, -0.15) is 0 Å². The van der Waals surface area contributed by atoms with Crippen molar-refractivity contribution in [1.29, 1.82) is 0 Å². The molecule has 0 bridgehead atoms. The van der Waals surface area contributed by atoms with Crippen molar-refractivity contribution < 1.29 is 0 Å². The SMILES string of the molecule is CC(C)C(N)c1cncn1C(C)Cc1cccs1. The van der Waals surface area contributed by atoms with Gasteiger partial charge >= 0.3 is 0 Å². The largest absolute Gasteiger partial charge is 0.330 e. The second-order valence-electron chi connectivity index (χ2n) is 5.13. The normalized spacial score (nSPS) is 14.9. The van der Waals surface area contributed by atoms with Crippen molar-refractivity contribution in [1.82, 2.24) is 9.55 Å². The second-order valence-corrected chi connectivity index (χ2v) is 6.16. The maximum Gasteiger partial charge on any atom is 0.0951 e. The molecule has 0 spiro atoms. The first-order valence-corrected chi connectivity index (χ1v) is 7.27. The Kier molecular flexibility index (Phi) is 4.19. The van der Waals surface area contributed by atoms with Crippen LogP contribution in [0, 0.1) is 5.92 Å². The molecule has 2 aromatic rings. The number of hydrogen-bond donors (Lipinski definition) is 1. The highest BCUT2D eigenvalue weighted by molar-refractivity contribution is 7.09. The molecule has 2 N–H and O–H groups in total. The molecule has 0 radical (unpaired) electrons. The molecule has 2 rings (SSSR count). The fraction of sp³-hybridized carbons (Fsp3) is 0.500. The molecule has 18 heavy (non-hydrogen) atoms. The first kappa shape index (κ1) is 13.3. The molecule has 0 fully saturated rings. The Morgan fingerprint density at radius 1 is 1.39 bits per heavy atom. The lowest BCUT2D eigenvalue weighted by Crippen LogP contribution is -2.22. The number of imidazole rings is 1. The molecule has 2 aromatic heterocycles. The zero-order valence-corrected chi connectivity index (χ0v) is 12.0. The van der Waals surface area contributed by atoms with Crippen LogP contribution < -0.4 is 5.73 Å². The van der Waals surface area contributed by atoms with Crippen LogP contribution in [0.25, 0.3) is 0 Å². The van der Waals surface area contributed by atoms with Crippen molar-refractivity contribution >= 4 is 11.3 Å².